The van der Waals surface area contributed by atoms with Crippen molar-refractivity contribution in [2.45, 2.75) is 31.6 Å². The van der Waals surface area contributed by atoms with Crippen LogP contribution in [0.2, 0.25) is 0 Å². The summed E-state index contributed by atoms with van der Waals surface area (Å²) in [4.78, 5) is 30.9. The molecule has 4 rings (SSSR count). The molecule has 0 bridgehead atoms. The SMILES string of the molecule is CCCSc1n[n+]2c(c(=O)[nH]1)-c1ccccc1N(C(C)=O)C2c1cc(OC)c(OC)c(OC)c1. The normalized spacial score (nSPS) is 14.3. The molecule has 1 aliphatic heterocycles. The quantitative estimate of drug-likeness (QED) is 0.407. The van der Waals surface area contributed by atoms with Crippen LogP contribution < -0.4 is 29.4 Å². The van der Waals surface area contributed by atoms with Crippen molar-refractivity contribution >= 4 is 23.4 Å². The standard InChI is InChI=1S/C24H26N4O5S/c1-6-11-34-24-25-22(30)20-16-9-7-8-10-17(16)27(14(2)29)23(28(20)26-24)15-12-18(31-3)21(33-5)19(13-15)32-4/h7-10,12-13,23H,6,11H2,1-5H3/p+1. The molecule has 0 aliphatic carbocycles. The van der Waals surface area contributed by atoms with E-state index in [1.54, 1.807) is 21.7 Å². The van der Waals surface area contributed by atoms with Crippen molar-refractivity contribution in [1.29, 1.82) is 0 Å². The number of hydrogen-bond donors (Lipinski definition) is 1. The van der Waals surface area contributed by atoms with Crippen LogP contribution in [0.3, 0.4) is 0 Å². The second-order valence-corrected chi connectivity index (χ2v) is 8.72. The van der Waals surface area contributed by atoms with Gasteiger partial charge in [0.1, 0.15) is 0 Å². The summed E-state index contributed by atoms with van der Waals surface area (Å²) in [6.07, 6.45) is 0.175. The van der Waals surface area contributed by atoms with E-state index in [-0.39, 0.29) is 11.5 Å². The van der Waals surface area contributed by atoms with Crippen LogP contribution in [0, 0.1) is 0 Å². The van der Waals surface area contributed by atoms with Crippen LogP contribution in [-0.2, 0) is 4.79 Å². The third kappa shape index (κ3) is 3.98. The maximum absolute atomic E-state index is 13.3. The third-order valence-electron chi connectivity index (χ3n) is 5.53. The largest absolute Gasteiger partial charge is 0.493 e. The monoisotopic (exact) mass is 483 g/mol. The van der Waals surface area contributed by atoms with Gasteiger partial charge in [-0.2, -0.15) is 0 Å². The summed E-state index contributed by atoms with van der Waals surface area (Å²) in [5, 5.41) is 5.25. The third-order valence-corrected chi connectivity index (χ3v) is 6.60. The number of nitrogens with one attached hydrogen (secondary N) is 1. The lowest BCUT2D eigenvalue weighted by Gasteiger charge is -2.31. The van der Waals surface area contributed by atoms with Crippen molar-refractivity contribution in [3.05, 3.63) is 52.3 Å². The predicted molar refractivity (Wildman–Crippen MR) is 129 cm³/mol. The molecule has 2 heterocycles. The molecule has 34 heavy (non-hydrogen) atoms. The molecule has 178 valence electrons. The highest BCUT2D eigenvalue weighted by Gasteiger charge is 2.45. The molecule has 0 radical (unpaired) electrons. The molecule has 1 aromatic heterocycles. The molecular weight excluding hydrogens is 456 g/mol. The first-order chi connectivity index (χ1) is 16.4. The number of nitrogens with zero attached hydrogens (tertiary/aromatic N) is 3. The van der Waals surface area contributed by atoms with E-state index in [0.717, 1.165) is 12.2 Å². The first-order valence-electron chi connectivity index (χ1n) is 10.8. The van der Waals surface area contributed by atoms with E-state index >= 15 is 0 Å². The molecule has 1 unspecified atom stereocenters. The Balaban J connectivity index is 2.05. The number of ether oxygens (including phenoxy) is 3. The van der Waals surface area contributed by atoms with Gasteiger partial charge in [-0.25, -0.2) is 4.90 Å². The lowest BCUT2D eigenvalue weighted by molar-refractivity contribution is -0.763. The maximum Gasteiger partial charge on any atom is 0.325 e. The molecule has 1 N–H and O–H groups in total. The number of para-hydroxylation sites is 1. The van der Waals surface area contributed by atoms with Crippen LogP contribution in [0.1, 0.15) is 32.0 Å². The van der Waals surface area contributed by atoms with Gasteiger partial charge in [0.15, 0.2) is 11.5 Å². The van der Waals surface area contributed by atoms with E-state index in [2.05, 4.69) is 11.9 Å². The van der Waals surface area contributed by atoms with Crippen molar-refractivity contribution < 1.29 is 23.7 Å². The summed E-state index contributed by atoms with van der Waals surface area (Å²) in [6, 6.07) is 10.9. The minimum atomic E-state index is -0.751. The van der Waals surface area contributed by atoms with Crippen LogP contribution in [-0.4, -0.2) is 43.1 Å². The number of anilines is 1. The number of fused-ring (bicyclic) bond motifs is 3. The van der Waals surface area contributed by atoms with Crippen LogP contribution in [0.25, 0.3) is 11.3 Å². The number of thioether (sulfide) groups is 1. The molecule has 10 heteroatoms. The smallest absolute Gasteiger partial charge is 0.325 e. The summed E-state index contributed by atoms with van der Waals surface area (Å²) in [7, 11) is 4.59. The Morgan fingerprint density at radius 3 is 2.41 bits per heavy atom. The molecule has 1 amide bonds. The number of rotatable bonds is 7. The van der Waals surface area contributed by atoms with Gasteiger partial charge in [-0.1, -0.05) is 30.8 Å². The van der Waals surface area contributed by atoms with Gasteiger partial charge in [-0.3, -0.25) is 14.6 Å². The van der Waals surface area contributed by atoms with Gasteiger partial charge >= 0.3 is 11.3 Å². The Hall–Kier alpha value is -3.53. The second-order valence-electron chi connectivity index (χ2n) is 7.64. The van der Waals surface area contributed by atoms with Gasteiger partial charge in [0, 0.05) is 17.8 Å². The van der Waals surface area contributed by atoms with Crippen LogP contribution in [0.15, 0.2) is 46.3 Å². The van der Waals surface area contributed by atoms with E-state index in [0.29, 0.717) is 44.9 Å². The minimum Gasteiger partial charge on any atom is -0.493 e. The molecule has 9 nitrogen and oxygen atoms in total. The molecule has 0 fully saturated rings. The van der Waals surface area contributed by atoms with Crippen LogP contribution >= 0.6 is 11.8 Å². The van der Waals surface area contributed by atoms with Gasteiger partial charge in [-0.15, -0.1) is 0 Å². The minimum absolute atomic E-state index is 0.200. The average Bonchev–Trinajstić information content (AvgIpc) is 2.85. The van der Waals surface area contributed by atoms with Crippen molar-refractivity contribution in [1.82, 2.24) is 10.1 Å². The van der Waals surface area contributed by atoms with E-state index < -0.39 is 6.17 Å². The van der Waals surface area contributed by atoms with Crippen molar-refractivity contribution in [2.75, 3.05) is 32.0 Å². The molecule has 0 saturated heterocycles. The fourth-order valence-electron chi connectivity index (χ4n) is 4.13. The van der Waals surface area contributed by atoms with Gasteiger partial charge in [0.05, 0.1) is 38.1 Å². The fraction of sp³-hybridized carbons (Fsp3) is 0.333. The molecule has 1 aliphatic rings. The lowest BCUT2D eigenvalue weighted by atomic mass is 10.0. The molecule has 2 aromatic carbocycles. The predicted octanol–water partition coefficient (Wildman–Crippen LogP) is 3.17. The van der Waals surface area contributed by atoms with Crippen LogP contribution in [0.4, 0.5) is 5.69 Å². The Labute approximate surface area is 201 Å². The summed E-state index contributed by atoms with van der Waals surface area (Å²) in [5.41, 5.74) is 1.99. The summed E-state index contributed by atoms with van der Waals surface area (Å²) >= 11 is 1.46. The Bertz CT molecular complexity index is 1270. The Kier molecular flexibility index (Phi) is 6.78. The molecule has 0 spiro atoms. The first kappa shape index (κ1) is 23.6. The number of benzene rings is 2. The number of carbonyl (C=O) groups excluding carboxylic acids is 1. The van der Waals surface area contributed by atoms with Gasteiger partial charge in [-0.05, 0) is 35.4 Å². The number of methoxy groups -OCH3 is 3. The number of carbonyl (C=O) groups is 1. The van der Waals surface area contributed by atoms with Crippen molar-refractivity contribution in [2.24, 2.45) is 0 Å². The zero-order valence-electron chi connectivity index (χ0n) is 19.7. The highest BCUT2D eigenvalue weighted by Crippen LogP contribution is 2.43. The zero-order chi connectivity index (χ0) is 24.4. The highest BCUT2D eigenvalue weighted by molar-refractivity contribution is 7.99. The van der Waals surface area contributed by atoms with E-state index in [1.165, 1.54) is 40.0 Å². The second kappa shape index (κ2) is 9.76. The zero-order valence-corrected chi connectivity index (χ0v) is 20.6. The number of H-pyrrole nitrogens is 1. The van der Waals surface area contributed by atoms with E-state index in [1.807, 2.05) is 24.3 Å². The summed E-state index contributed by atoms with van der Waals surface area (Å²) in [5.74, 6) is 1.90. The van der Waals surface area contributed by atoms with Crippen molar-refractivity contribution in [3.8, 4) is 28.5 Å². The Morgan fingerprint density at radius 2 is 1.82 bits per heavy atom. The van der Waals surface area contributed by atoms with E-state index in [4.69, 9.17) is 19.3 Å². The molecule has 1 atom stereocenters. The summed E-state index contributed by atoms with van der Waals surface area (Å²) in [6.45, 7) is 3.55. The first-order valence-corrected chi connectivity index (χ1v) is 11.8. The molecular formula is C24H27N4O5S+. The lowest BCUT2D eigenvalue weighted by Crippen LogP contribution is -2.60. The summed E-state index contributed by atoms with van der Waals surface area (Å²) < 4.78 is 18.2. The average molecular weight is 484 g/mol. The number of aromatic nitrogens is 3. The van der Waals surface area contributed by atoms with Gasteiger partial charge < -0.3 is 14.2 Å². The van der Waals surface area contributed by atoms with Crippen LogP contribution in [0.5, 0.6) is 17.2 Å². The van der Waals surface area contributed by atoms with E-state index in [9.17, 15) is 9.59 Å². The van der Waals surface area contributed by atoms with Gasteiger partial charge in [0.25, 0.3) is 6.17 Å². The topological polar surface area (TPSA) is 97.6 Å². The Morgan fingerprint density at radius 1 is 1.15 bits per heavy atom. The van der Waals surface area contributed by atoms with Gasteiger partial charge in [0.2, 0.25) is 16.8 Å². The number of aromatic amines is 1. The molecule has 3 aromatic rings. The maximum atomic E-state index is 13.3. The fourth-order valence-corrected chi connectivity index (χ4v) is 4.84. The van der Waals surface area contributed by atoms with Crippen molar-refractivity contribution in [3.63, 3.8) is 0 Å². The number of hydrogen-bond acceptors (Lipinski definition) is 7. The number of amides is 1. The highest BCUT2D eigenvalue weighted by atomic mass is 32.2. The molecule has 0 saturated carbocycles.